The Morgan fingerprint density at radius 3 is 2.48 bits per heavy atom. The Morgan fingerprint density at radius 2 is 1.88 bits per heavy atom. The molecule has 1 aromatic carbocycles. The molecule has 2 aliphatic rings. The molecule has 2 heterocycles. The lowest BCUT2D eigenvalue weighted by atomic mass is 10.1. The summed E-state index contributed by atoms with van der Waals surface area (Å²) in [5.41, 5.74) is 2.04. The molecule has 136 valence electrons. The Hall–Kier alpha value is -2.08. The Bertz CT molecular complexity index is 607. The van der Waals surface area contributed by atoms with Gasteiger partial charge in [0.2, 0.25) is 11.8 Å². The van der Waals surface area contributed by atoms with E-state index < -0.39 is 0 Å². The van der Waals surface area contributed by atoms with Gasteiger partial charge in [-0.2, -0.15) is 0 Å². The van der Waals surface area contributed by atoms with Gasteiger partial charge in [-0.15, -0.1) is 0 Å². The number of aliphatic hydroxyl groups is 1. The second-order valence-corrected chi connectivity index (χ2v) is 6.91. The topological polar surface area (TPSA) is 72.9 Å². The van der Waals surface area contributed by atoms with E-state index in [1.54, 1.807) is 4.90 Å². The fourth-order valence-electron chi connectivity index (χ4n) is 3.55. The molecule has 2 amide bonds. The average Bonchev–Trinajstić information content (AvgIpc) is 3.29. The van der Waals surface area contributed by atoms with E-state index in [1.807, 2.05) is 19.1 Å². The van der Waals surface area contributed by atoms with E-state index in [4.69, 9.17) is 0 Å². The van der Waals surface area contributed by atoms with Gasteiger partial charge in [0.1, 0.15) is 0 Å². The quantitative estimate of drug-likeness (QED) is 0.820. The Balaban J connectivity index is 1.63. The Kier molecular flexibility index (Phi) is 5.58. The Morgan fingerprint density at radius 1 is 1.24 bits per heavy atom. The van der Waals surface area contributed by atoms with Crippen LogP contribution in [0.1, 0.15) is 32.6 Å². The number of aliphatic hydroxyl groups excluding tert-OH is 1. The number of nitrogens with zero attached hydrogens (tertiary/aromatic N) is 2. The lowest BCUT2D eigenvalue weighted by Crippen LogP contribution is -2.41. The number of rotatable bonds is 6. The van der Waals surface area contributed by atoms with Crippen molar-refractivity contribution in [1.29, 1.82) is 0 Å². The second-order valence-electron chi connectivity index (χ2n) is 6.91. The highest BCUT2D eigenvalue weighted by molar-refractivity contribution is 6.00. The van der Waals surface area contributed by atoms with Crippen LogP contribution in [-0.4, -0.2) is 49.2 Å². The normalized spacial score (nSPS) is 21.7. The molecule has 2 atom stereocenters. The maximum absolute atomic E-state index is 12.3. The van der Waals surface area contributed by atoms with Crippen molar-refractivity contribution in [2.45, 2.75) is 38.6 Å². The summed E-state index contributed by atoms with van der Waals surface area (Å²) in [6.07, 6.45) is 3.36. The van der Waals surface area contributed by atoms with Crippen LogP contribution < -0.4 is 15.1 Å². The number of benzene rings is 1. The van der Waals surface area contributed by atoms with E-state index in [2.05, 4.69) is 22.3 Å². The lowest BCUT2D eigenvalue weighted by Gasteiger charge is -2.21. The van der Waals surface area contributed by atoms with Crippen molar-refractivity contribution in [2.75, 3.05) is 36.0 Å². The number of nitrogens with one attached hydrogen (secondary N) is 1. The van der Waals surface area contributed by atoms with Crippen molar-refractivity contribution in [3.8, 4) is 0 Å². The van der Waals surface area contributed by atoms with E-state index in [9.17, 15) is 14.7 Å². The van der Waals surface area contributed by atoms with E-state index in [0.29, 0.717) is 13.0 Å². The molecule has 6 heteroatoms. The molecule has 0 aromatic heterocycles. The van der Waals surface area contributed by atoms with Crippen molar-refractivity contribution in [2.24, 2.45) is 5.92 Å². The highest BCUT2D eigenvalue weighted by Gasteiger charge is 2.35. The largest absolute Gasteiger partial charge is 0.394 e. The van der Waals surface area contributed by atoms with E-state index in [-0.39, 0.29) is 36.8 Å². The first-order valence-corrected chi connectivity index (χ1v) is 9.19. The van der Waals surface area contributed by atoms with Gasteiger partial charge in [-0.3, -0.25) is 9.59 Å². The highest BCUT2D eigenvalue weighted by atomic mass is 16.3. The van der Waals surface area contributed by atoms with Crippen molar-refractivity contribution in [3.63, 3.8) is 0 Å². The first kappa shape index (κ1) is 17.7. The molecule has 0 aliphatic carbocycles. The maximum atomic E-state index is 12.3. The summed E-state index contributed by atoms with van der Waals surface area (Å²) >= 11 is 0. The third-order valence-corrected chi connectivity index (χ3v) is 5.19. The fraction of sp³-hybridized carbons (Fsp3) is 0.579. The number of amides is 2. The van der Waals surface area contributed by atoms with Gasteiger partial charge in [0.25, 0.3) is 0 Å². The highest BCUT2D eigenvalue weighted by Crippen LogP contribution is 2.28. The molecular weight excluding hydrogens is 318 g/mol. The molecule has 2 aliphatic heterocycles. The second kappa shape index (κ2) is 7.87. The summed E-state index contributed by atoms with van der Waals surface area (Å²) in [5.74, 6) is -0.525. The minimum absolute atomic E-state index is 0.0221. The minimum atomic E-state index is -0.355. The first-order valence-electron chi connectivity index (χ1n) is 9.19. The number of hydrogen-bond donors (Lipinski definition) is 2. The van der Waals surface area contributed by atoms with Gasteiger partial charge in [-0.1, -0.05) is 6.92 Å². The van der Waals surface area contributed by atoms with Crippen molar-refractivity contribution < 1.29 is 14.7 Å². The van der Waals surface area contributed by atoms with Crippen LogP contribution in [0.4, 0.5) is 11.4 Å². The van der Waals surface area contributed by atoms with Crippen molar-refractivity contribution in [1.82, 2.24) is 5.32 Å². The average molecular weight is 345 g/mol. The molecule has 0 spiro atoms. The van der Waals surface area contributed by atoms with Crippen LogP contribution in [0.5, 0.6) is 0 Å². The van der Waals surface area contributed by atoms with Gasteiger partial charge in [-0.25, -0.2) is 0 Å². The zero-order valence-corrected chi connectivity index (χ0v) is 14.8. The standard InChI is InChI=1S/C19H27N3O3/c1-2-15(13-23)20-19(25)14-11-18(24)22(12-14)17-7-5-16(6-8-17)21-9-3-4-10-21/h5-8,14-15,23H,2-4,9-13H2,1H3,(H,20,25). The summed E-state index contributed by atoms with van der Waals surface area (Å²) in [4.78, 5) is 28.7. The van der Waals surface area contributed by atoms with Gasteiger partial charge in [-0.05, 0) is 43.5 Å². The van der Waals surface area contributed by atoms with E-state index in [0.717, 1.165) is 18.8 Å². The number of carbonyl (C=O) groups is 2. The first-order chi connectivity index (χ1) is 12.1. The number of anilines is 2. The monoisotopic (exact) mass is 345 g/mol. The van der Waals surface area contributed by atoms with Gasteiger partial charge < -0.3 is 20.2 Å². The summed E-state index contributed by atoms with van der Waals surface area (Å²) < 4.78 is 0. The maximum Gasteiger partial charge on any atom is 0.227 e. The van der Waals surface area contributed by atoms with Gasteiger partial charge in [0, 0.05) is 37.4 Å². The van der Waals surface area contributed by atoms with Crippen LogP contribution in [0.15, 0.2) is 24.3 Å². The van der Waals surface area contributed by atoms with Crippen LogP contribution in [0.3, 0.4) is 0 Å². The van der Waals surface area contributed by atoms with Crippen molar-refractivity contribution >= 4 is 23.2 Å². The fourth-order valence-corrected chi connectivity index (χ4v) is 3.55. The molecule has 2 saturated heterocycles. The SMILES string of the molecule is CCC(CO)NC(=O)C1CC(=O)N(c2ccc(N3CCCC3)cc2)C1. The minimum Gasteiger partial charge on any atom is -0.394 e. The van der Waals surface area contributed by atoms with Crippen LogP contribution in [0.25, 0.3) is 0 Å². The molecule has 3 rings (SSSR count). The van der Waals surface area contributed by atoms with Crippen LogP contribution in [-0.2, 0) is 9.59 Å². The van der Waals surface area contributed by atoms with E-state index >= 15 is 0 Å². The Labute approximate surface area is 148 Å². The lowest BCUT2D eigenvalue weighted by molar-refractivity contribution is -0.127. The summed E-state index contributed by atoms with van der Waals surface area (Å²) in [6, 6.07) is 7.81. The summed E-state index contributed by atoms with van der Waals surface area (Å²) in [6.45, 7) is 4.41. The van der Waals surface area contributed by atoms with Crippen molar-refractivity contribution in [3.05, 3.63) is 24.3 Å². The van der Waals surface area contributed by atoms with Crippen LogP contribution in [0, 0.1) is 5.92 Å². The molecule has 0 bridgehead atoms. The molecule has 2 unspecified atom stereocenters. The zero-order valence-electron chi connectivity index (χ0n) is 14.8. The summed E-state index contributed by atoms with van der Waals surface area (Å²) in [7, 11) is 0. The van der Waals surface area contributed by atoms with E-state index in [1.165, 1.54) is 18.5 Å². The van der Waals surface area contributed by atoms with Crippen LogP contribution in [0.2, 0.25) is 0 Å². The molecule has 0 saturated carbocycles. The number of hydrogen-bond acceptors (Lipinski definition) is 4. The smallest absolute Gasteiger partial charge is 0.227 e. The molecule has 2 N–H and O–H groups in total. The predicted molar refractivity (Wildman–Crippen MR) is 97.7 cm³/mol. The molecular formula is C19H27N3O3. The van der Waals surface area contributed by atoms with Gasteiger partial charge in [0.05, 0.1) is 18.6 Å². The predicted octanol–water partition coefficient (Wildman–Crippen LogP) is 1.53. The molecule has 1 aromatic rings. The van der Waals surface area contributed by atoms with Gasteiger partial charge >= 0.3 is 0 Å². The number of carbonyl (C=O) groups excluding carboxylic acids is 2. The molecule has 2 fully saturated rings. The molecule has 0 radical (unpaired) electrons. The zero-order chi connectivity index (χ0) is 17.8. The summed E-state index contributed by atoms with van der Waals surface area (Å²) in [5, 5.41) is 12.0. The molecule has 25 heavy (non-hydrogen) atoms. The molecule has 6 nitrogen and oxygen atoms in total. The third kappa shape index (κ3) is 3.95. The third-order valence-electron chi connectivity index (χ3n) is 5.19. The van der Waals surface area contributed by atoms with Crippen LogP contribution >= 0.6 is 0 Å². The van der Waals surface area contributed by atoms with Gasteiger partial charge in [0.15, 0.2) is 0 Å².